The minimum absolute atomic E-state index is 0.252. The lowest BCUT2D eigenvalue weighted by atomic mass is 9.99. The highest BCUT2D eigenvalue weighted by Gasteiger charge is 2.12. The number of rotatable bonds is 5. The molecule has 21 heavy (non-hydrogen) atoms. The highest BCUT2D eigenvalue weighted by Crippen LogP contribution is 2.21. The lowest BCUT2D eigenvalue weighted by Crippen LogP contribution is -2.00. The van der Waals surface area contributed by atoms with Crippen molar-refractivity contribution in [2.45, 2.75) is 32.7 Å². The van der Waals surface area contributed by atoms with Crippen LogP contribution in [0.15, 0.2) is 41.9 Å². The van der Waals surface area contributed by atoms with Crippen molar-refractivity contribution in [3.63, 3.8) is 0 Å². The highest BCUT2D eigenvalue weighted by atomic mass is 32.1. The molecule has 1 aromatic carbocycles. The number of hydrogen-bond donors (Lipinski definition) is 0. The summed E-state index contributed by atoms with van der Waals surface area (Å²) in [5.74, 6) is 0.252. The summed E-state index contributed by atoms with van der Waals surface area (Å²) in [6.07, 6.45) is 2.99. The summed E-state index contributed by atoms with van der Waals surface area (Å²) in [7, 11) is 0. The molecule has 0 N–H and O–H groups in total. The van der Waals surface area contributed by atoms with Crippen molar-refractivity contribution in [2.24, 2.45) is 0 Å². The number of benzene rings is 1. The van der Waals surface area contributed by atoms with Crippen LogP contribution in [0.2, 0.25) is 0 Å². The Morgan fingerprint density at radius 1 is 1.24 bits per heavy atom. The molecule has 0 radical (unpaired) electrons. The summed E-state index contributed by atoms with van der Waals surface area (Å²) < 4.78 is 1.87. The molecule has 0 amide bonds. The van der Waals surface area contributed by atoms with Gasteiger partial charge in [-0.15, -0.1) is 16.4 Å². The van der Waals surface area contributed by atoms with Gasteiger partial charge in [0.15, 0.2) is 0 Å². The molecule has 108 valence electrons. The zero-order valence-electron chi connectivity index (χ0n) is 12.2. The number of nitrogens with zero attached hydrogens (tertiary/aromatic N) is 4. The summed E-state index contributed by atoms with van der Waals surface area (Å²) in [5, 5.41) is 11.7. The molecule has 2 aromatic heterocycles. The van der Waals surface area contributed by atoms with Crippen LogP contribution in [-0.2, 0) is 13.0 Å². The summed E-state index contributed by atoms with van der Waals surface area (Å²) in [6, 6.07) is 10.4. The van der Waals surface area contributed by atoms with Crippen molar-refractivity contribution in [2.75, 3.05) is 0 Å². The Kier molecular flexibility index (Phi) is 4.10. The van der Waals surface area contributed by atoms with Gasteiger partial charge in [-0.05, 0) is 12.0 Å². The molecule has 0 aliphatic rings. The van der Waals surface area contributed by atoms with Crippen molar-refractivity contribution in [1.82, 2.24) is 20.0 Å². The van der Waals surface area contributed by atoms with Gasteiger partial charge in [-0.25, -0.2) is 9.67 Å². The van der Waals surface area contributed by atoms with Crippen molar-refractivity contribution < 1.29 is 0 Å². The first-order chi connectivity index (χ1) is 10.3. The van der Waals surface area contributed by atoms with Gasteiger partial charge >= 0.3 is 0 Å². The van der Waals surface area contributed by atoms with Crippen LogP contribution in [0.5, 0.6) is 0 Å². The van der Waals surface area contributed by atoms with Gasteiger partial charge in [-0.3, -0.25) is 0 Å². The molecule has 0 saturated heterocycles. The average molecular weight is 298 g/mol. The highest BCUT2D eigenvalue weighted by molar-refractivity contribution is 7.09. The van der Waals surface area contributed by atoms with Crippen LogP contribution in [-0.4, -0.2) is 20.0 Å². The van der Waals surface area contributed by atoms with Gasteiger partial charge in [-0.2, -0.15) is 0 Å². The molecule has 3 rings (SSSR count). The van der Waals surface area contributed by atoms with E-state index in [1.807, 2.05) is 16.9 Å². The first-order valence-electron chi connectivity index (χ1n) is 7.14. The largest absolute Gasteiger partial charge is 0.245 e. The van der Waals surface area contributed by atoms with Crippen LogP contribution in [0.1, 0.15) is 41.7 Å². The second-order valence-electron chi connectivity index (χ2n) is 5.06. The smallest absolute Gasteiger partial charge is 0.114 e. The Bertz CT molecular complexity index is 702. The summed E-state index contributed by atoms with van der Waals surface area (Å²) >= 11 is 1.68. The maximum absolute atomic E-state index is 4.57. The van der Waals surface area contributed by atoms with Crippen LogP contribution in [0.25, 0.3) is 0 Å². The van der Waals surface area contributed by atoms with E-state index in [0.29, 0.717) is 6.54 Å². The second kappa shape index (κ2) is 6.18. The maximum Gasteiger partial charge on any atom is 0.114 e. The fourth-order valence-electron chi connectivity index (χ4n) is 2.22. The molecule has 4 nitrogen and oxygen atoms in total. The van der Waals surface area contributed by atoms with Crippen molar-refractivity contribution in [1.29, 1.82) is 0 Å². The van der Waals surface area contributed by atoms with E-state index in [1.165, 1.54) is 5.56 Å². The van der Waals surface area contributed by atoms with Gasteiger partial charge in [0.2, 0.25) is 0 Å². The monoisotopic (exact) mass is 298 g/mol. The van der Waals surface area contributed by atoms with E-state index in [9.17, 15) is 0 Å². The Morgan fingerprint density at radius 3 is 2.76 bits per heavy atom. The van der Waals surface area contributed by atoms with Crippen LogP contribution >= 0.6 is 11.3 Å². The number of aromatic nitrogens is 4. The molecular formula is C16H18N4S. The molecule has 0 unspecified atom stereocenters. The van der Waals surface area contributed by atoms with Crippen molar-refractivity contribution in [3.05, 3.63) is 63.9 Å². The molecule has 3 aromatic rings. The minimum atomic E-state index is 0.252. The number of aryl methyl sites for hydroxylation is 1. The van der Waals surface area contributed by atoms with Gasteiger partial charge in [-0.1, -0.05) is 49.4 Å². The third-order valence-corrected chi connectivity index (χ3v) is 4.44. The van der Waals surface area contributed by atoms with Crippen LogP contribution in [0.4, 0.5) is 0 Å². The topological polar surface area (TPSA) is 43.6 Å². The van der Waals surface area contributed by atoms with Gasteiger partial charge in [0.05, 0.1) is 17.9 Å². The van der Waals surface area contributed by atoms with E-state index < -0.39 is 0 Å². The number of thiazole rings is 1. The molecular weight excluding hydrogens is 280 g/mol. The molecule has 2 heterocycles. The normalized spacial score (nSPS) is 12.5. The van der Waals surface area contributed by atoms with Crippen LogP contribution < -0.4 is 0 Å². The Balaban J connectivity index is 1.74. The molecule has 0 bridgehead atoms. The molecule has 0 fully saturated rings. The average Bonchev–Trinajstić information content (AvgIpc) is 3.17. The molecule has 0 aliphatic heterocycles. The van der Waals surface area contributed by atoms with E-state index >= 15 is 0 Å². The quantitative estimate of drug-likeness (QED) is 0.724. The summed E-state index contributed by atoms with van der Waals surface area (Å²) in [5.41, 5.74) is 3.40. The first-order valence-corrected chi connectivity index (χ1v) is 8.02. The zero-order valence-corrected chi connectivity index (χ0v) is 13.0. The van der Waals surface area contributed by atoms with E-state index in [4.69, 9.17) is 0 Å². The standard InChI is InChI=1S/C16H18N4S/c1-3-14-11-21-16(17-14)10-20-9-15(18-19-20)12(2)13-7-5-4-6-8-13/h4-9,11-12H,3,10H2,1-2H3/t12-/m0/s1. The van der Waals surface area contributed by atoms with Gasteiger partial charge < -0.3 is 0 Å². The van der Waals surface area contributed by atoms with Crippen LogP contribution in [0, 0.1) is 0 Å². The fraction of sp³-hybridized carbons (Fsp3) is 0.312. The second-order valence-corrected chi connectivity index (χ2v) is 6.00. The molecule has 0 saturated carbocycles. The molecule has 1 atom stereocenters. The zero-order chi connectivity index (χ0) is 14.7. The minimum Gasteiger partial charge on any atom is -0.245 e. The van der Waals surface area contributed by atoms with E-state index in [1.54, 1.807) is 11.3 Å². The molecule has 5 heteroatoms. The number of hydrogen-bond acceptors (Lipinski definition) is 4. The third kappa shape index (κ3) is 3.19. The predicted octanol–water partition coefficient (Wildman–Crippen LogP) is 3.50. The van der Waals surface area contributed by atoms with Crippen molar-refractivity contribution in [3.8, 4) is 0 Å². The van der Waals surface area contributed by atoms with Crippen LogP contribution in [0.3, 0.4) is 0 Å². The first kappa shape index (κ1) is 13.9. The molecule has 0 spiro atoms. The van der Waals surface area contributed by atoms with Gasteiger partial charge in [0, 0.05) is 17.5 Å². The Hall–Kier alpha value is -2.01. The maximum atomic E-state index is 4.57. The lowest BCUT2D eigenvalue weighted by molar-refractivity contribution is 0.645. The van der Waals surface area contributed by atoms with Gasteiger partial charge in [0.1, 0.15) is 5.01 Å². The van der Waals surface area contributed by atoms with E-state index in [-0.39, 0.29) is 5.92 Å². The Labute approximate surface area is 128 Å². The van der Waals surface area contributed by atoms with E-state index in [0.717, 1.165) is 22.8 Å². The Morgan fingerprint density at radius 2 is 2.05 bits per heavy atom. The van der Waals surface area contributed by atoms with Crippen molar-refractivity contribution >= 4 is 11.3 Å². The fourth-order valence-corrected chi connectivity index (χ4v) is 3.09. The predicted molar refractivity (Wildman–Crippen MR) is 84.6 cm³/mol. The lowest BCUT2D eigenvalue weighted by Gasteiger charge is -2.07. The SMILES string of the molecule is CCc1csc(Cn2cc([C@@H](C)c3ccccc3)nn2)n1. The third-order valence-electron chi connectivity index (χ3n) is 3.56. The summed E-state index contributed by atoms with van der Waals surface area (Å²) in [4.78, 5) is 4.57. The summed E-state index contributed by atoms with van der Waals surface area (Å²) in [6.45, 7) is 4.97. The van der Waals surface area contributed by atoms with E-state index in [2.05, 4.69) is 58.8 Å². The van der Waals surface area contributed by atoms with Gasteiger partial charge in [0.25, 0.3) is 0 Å². The molecule has 0 aliphatic carbocycles.